The van der Waals surface area contributed by atoms with Crippen molar-refractivity contribution in [2.24, 2.45) is 5.92 Å². The summed E-state index contributed by atoms with van der Waals surface area (Å²) in [5.74, 6) is 1.02. The molecule has 13 heavy (non-hydrogen) atoms. The second-order valence-electron chi connectivity index (χ2n) is 4.85. The van der Waals surface area contributed by atoms with E-state index in [1.54, 1.807) is 0 Å². The van der Waals surface area contributed by atoms with Crippen molar-refractivity contribution < 1.29 is 0 Å². The van der Waals surface area contributed by atoms with Crippen LogP contribution in [0.4, 0.5) is 0 Å². The van der Waals surface area contributed by atoms with Crippen molar-refractivity contribution >= 4 is 0 Å². The van der Waals surface area contributed by atoms with Gasteiger partial charge < -0.3 is 4.90 Å². The van der Waals surface area contributed by atoms with Gasteiger partial charge in [-0.1, -0.05) is 32.6 Å². The minimum absolute atomic E-state index is 0.963. The molecule has 0 spiro atoms. The summed E-state index contributed by atoms with van der Waals surface area (Å²) >= 11 is 0. The van der Waals surface area contributed by atoms with Gasteiger partial charge in [0.25, 0.3) is 0 Å². The Bertz CT molecular complexity index is 149. The molecule has 0 aromatic rings. The van der Waals surface area contributed by atoms with Gasteiger partial charge in [0.1, 0.15) is 0 Å². The Morgan fingerprint density at radius 3 is 2.46 bits per heavy atom. The second kappa shape index (κ2) is 4.45. The molecule has 1 heterocycles. The third-order valence-electron chi connectivity index (χ3n) is 3.99. The molecule has 1 unspecified atom stereocenters. The van der Waals surface area contributed by atoms with Crippen molar-refractivity contribution in [1.82, 2.24) is 4.90 Å². The van der Waals surface area contributed by atoms with Gasteiger partial charge >= 0.3 is 0 Å². The van der Waals surface area contributed by atoms with Crippen LogP contribution in [0.3, 0.4) is 0 Å². The van der Waals surface area contributed by atoms with Crippen LogP contribution in [0.5, 0.6) is 0 Å². The number of hydrogen-bond donors (Lipinski definition) is 0. The summed E-state index contributed by atoms with van der Waals surface area (Å²) < 4.78 is 0. The molecule has 2 aliphatic rings. The van der Waals surface area contributed by atoms with Crippen molar-refractivity contribution in [3.63, 3.8) is 0 Å². The van der Waals surface area contributed by atoms with E-state index in [-0.39, 0.29) is 0 Å². The fourth-order valence-electron chi connectivity index (χ4n) is 2.97. The van der Waals surface area contributed by atoms with Crippen LogP contribution < -0.4 is 0 Å². The van der Waals surface area contributed by atoms with E-state index < -0.39 is 0 Å². The average molecular weight is 181 g/mol. The lowest BCUT2D eigenvalue weighted by Gasteiger charge is -2.31. The monoisotopic (exact) mass is 181 g/mol. The highest BCUT2D eigenvalue weighted by atomic mass is 15.2. The summed E-state index contributed by atoms with van der Waals surface area (Å²) in [5.41, 5.74) is 0. The van der Waals surface area contributed by atoms with Crippen molar-refractivity contribution in [3.8, 4) is 0 Å². The summed E-state index contributed by atoms with van der Waals surface area (Å²) in [6.07, 6.45) is 10.3. The SMILES string of the molecule is CCC1CCN(C2CCCCC2)C1. The molecule has 2 fully saturated rings. The molecule has 1 saturated carbocycles. The first kappa shape index (κ1) is 9.51. The van der Waals surface area contributed by atoms with Crippen LogP contribution in [0, 0.1) is 5.92 Å². The zero-order valence-electron chi connectivity index (χ0n) is 8.97. The lowest BCUT2D eigenvalue weighted by atomic mass is 9.94. The number of hydrogen-bond acceptors (Lipinski definition) is 1. The molecule has 1 aliphatic carbocycles. The maximum absolute atomic E-state index is 2.77. The Morgan fingerprint density at radius 2 is 1.85 bits per heavy atom. The van der Waals surface area contributed by atoms with Crippen LogP contribution in [-0.4, -0.2) is 24.0 Å². The van der Waals surface area contributed by atoms with Gasteiger partial charge in [-0.25, -0.2) is 0 Å². The van der Waals surface area contributed by atoms with Gasteiger partial charge in [-0.3, -0.25) is 0 Å². The summed E-state index contributed by atoms with van der Waals surface area (Å²) in [4.78, 5) is 2.77. The topological polar surface area (TPSA) is 3.24 Å². The quantitative estimate of drug-likeness (QED) is 0.633. The van der Waals surface area contributed by atoms with Gasteiger partial charge in [0.2, 0.25) is 0 Å². The molecule has 1 nitrogen and oxygen atoms in total. The molecule has 0 radical (unpaired) electrons. The van der Waals surface area contributed by atoms with Crippen molar-refractivity contribution in [1.29, 1.82) is 0 Å². The molecule has 0 bridgehead atoms. The first-order valence-electron chi connectivity index (χ1n) is 6.14. The molecular formula is C12H23N. The Morgan fingerprint density at radius 1 is 1.08 bits per heavy atom. The van der Waals surface area contributed by atoms with Gasteiger partial charge in [-0.15, -0.1) is 0 Å². The fourth-order valence-corrected chi connectivity index (χ4v) is 2.97. The minimum atomic E-state index is 0.963. The summed E-state index contributed by atoms with van der Waals surface area (Å²) in [6.45, 7) is 5.14. The molecule has 0 aromatic carbocycles. The van der Waals surface area contributed by atoms with Crippen LogP contribution in [0.15, 0.2) is 0 Å². The van der Waals surface area contributed by atoms with Gasteiger partial charge in [0, 0.05) is 12.6 Å². The van der Waals surface area contributed by atoms with E-state index in [0.717, 1.165) is 12.0 Å². The summed E-state index contributed by atoms with van der Waals surface area (Å²) in [6, 6.07) is 0.963. The smallest absolute Gasteiger partial charge is 0.00953 e. The first-order valence-corrected chi connectivity index (χ1v) is 6.14. The Kier molecular flexibility index (Phi) is 3.26. The maximum atomic E-state index is 2.77. The highest BCUT2D eigenvalue weighted by Gasteiger charge is 2.27. The van der Waals surface area contributed by atoms with E-state index in [4.69, 9.17) is 0 Å². The van der Waals surface area contributed by atoms with Crippen LogP contribution in [-0.2, 0) is 0 Å². The largest absolute Gasteiger partial charge is 0.300 e. The van der Waals surface area contributed by atoms with E-state index in [9.17, 15) is 0 Å². The van der Waals surface area contributed by atoms with E-state index in [2.05, 4.69) is 11.8 Å². The molecule has 0 N–H and O–H groups in total. The molecular weight excluding hydrogens is 158 g/mol. The van der Waals surface area contributed by atoms with Crippen LogP contribution >= 0.6 is 0 Å². The molecule has 76 valence electrons. The van der Waals surface area contributed by atoms with E-state index >= 15 is 0 Å². The van der Waals surface area contributed by atoms with Gasteiger partial charge in [-0.05, 0) is 31.7 Å². The highest BCUT2D eigenvalue weighted by Crippen LogP contribution is 2.28. The summed E-state index contributed by atoms with van der Waals surface area (Å²) in [5, 5.41) is 0. The van der Waals surface area contributed by atoms with E-state index in [1.165, 1.54) is 58.0 Å². The predicted octanol–water partition coefficient (Wildman–Crippen LogP) is 3.05. The predicted molar refractivity (Wildman–Crippen MR) is 56.8 cm³/mol. The third kappa shape index (κ3) is 2.25. The lowest BCUT2D eigenvalue weighted by molar-refractivity contribution is 0.184. The third-order valence-corrected chi connectivity index (χ3v) is 3.99. The molecule has 1 saturated heterocycles. The zero-order valence-corrected chi connectivity index (χ0v) is 8.97. The minimum Gasteiger partial charge on any atom is -0.300 e. The average Bonchev–Trinajstić information content (AvgIpc) is 2.67. The van der Waals surface area contributed by atoms with Gasteiger partial charge in [0.05, 0.1) is 0 Å². The first-order chi connectivity index (χ1) is 6.40. The van der Waals surface area contributed by atoms with Crippen molar-refractivity contribution in [2.45, 2.75) is 57.9 Å². The molecule has 1 atom stereocenters. The molecule has 0 aromatic heterocycles. The standard InChI is InChI=1S/C12H23N/c1-2-11-8-9-13(10-11)12-6-4-3-5-7-12/h11-12H,2-10H2,1H3. The Hall–Kier alpha value is -0.0400. The summed E-state index contributed by atoms with van der Waals surface area (Å²) in [7, 11) is 0. The highest BCUT2D eigenvalue weighted by molar-refractivity contribution is 4.82. The fraction of sp³-hybridized carbons (Fsp3) is 1.00. The van der Waals surface area contributed by atoms with Crippen molar-refractivity contribution in [3.05, 3.63) is 0 Å². The lowest BCUT2D eigenvalue weighted by Crippen LogP contribution is -2.34. The Balaban J connectivity index is 1.80. The zero-order chi connectivity index (χ0) is 9.10. The maximum Gasteiger partial charge on any atom is 0.00953 e. The number of likely N-dealkylation sites (tertiary alicyclic amines) is 1. The van der Waals surface area contributed by atoms with Crippen molar-refractivity contribution in [2.75, 3.05) is 13.1 Å². The van der Waals surface area contributed by atoms with Crippen LogP contribution in [0.1, 0.15) is 51.9 Å². The van der Waals surface area contributed by atoms with E-state index in [0.29, 0.717) is 0 Å². The number of rotatable bonds is 2. The Labute approximate surface area is 82.5 Å². The van der Waals surface area contributed by atoms with Gasteiger partial charge in [0.15, 0.2) is 0 Å². The number of nitrogens with zero attached hydrogens (tertiary/aromatic N) is 1. The second-order valence-corrected chi connectivity index (χ2v) is 4.85. The van der Waals surface area contributed by atoms with Crippen LogP contribution in [0.2, 0.25) is 0 Å². The molecule has 0 amide bonds. The molecule has 2 rings (SSSR count). The van der Waals surface area contributed by atoms with Gasteiger partial charge in [-0.2, -0.15) is 0 Å². The van der Waals surface area contributed by atoms with Crippen LogP contribution in [0.25, 0.3) is 0 Å². The molecule has 1 aliphatic heterocycles. The van der Waals surface area contributed by atoms with E-state index in [1.807, 2.05) is 0 Å². The molecule has 1 heteroatoms. The normalized spacial score (nSPS) is 32.5.